The van der Waals surface area contributed by atoms with Gasteiger partial charge >= 0.3 is 0 Å². The number of rotatable bonds is 6. The summed E-state index contributed by atoms with van der Waals surface area (Å²) in [7, 11) is 0. The number of anilines is 1. The maximum absolute atomic E-state index is 12.2. The second kappa shape index (κ2) is 10.4. The first-order valence-electron chi connectivity index (χ1n) is 11.4. The third-order valence-electron chi connectivity index (χ3n) is 6.83. The van der Waals surface area contributed by atoms with Gasteiger partial charge in [0.25, 0.3) is 0 Å². The number of nitriles is 1. The van der Waals surface area contributed by atoms with Gasteiger partial charge in [-0.25, -0.2) is 0 Å². The average Bonchev–Trinajstić information content (AvgIpc) is 2.75. The van der Waals surface area contributed by atoms with Gasteiger partial charge in [-0.15, -0.1) is 0 Å². The Labute approximate surface area is 196 Å². The average molecular weight is 465 g/mol. The van der Waals surface area contributed by atoms with Crippen molar-refractivity contribution in [2.75, 3.05) is 31.1 Å². The first-order valence-corrected chi connectivity index (χ1v) is 12.1. The number of hydrogen-bond acceptors (Lipinski definition) is 4. The van der Waals surface area contributed by atoms with Gasteiger partial charge in [0.05, 0.1) is 21.8 Å². The number of benzene rings is 1. The van der Waals surface area contributed by atoms with Crippen molar-refractivity contribution in [2.45, 2.75) is 65.0 Å². The Morgan fingerprint density at radius 2 is 1.94 bits per heavy atom. The summed E-state index contributed by atoms with van der Waals surface area (Å²) >= 11 is 12.6. The molecule has 0 radical (unpaired) electrons. The van der Waals surface area contributed by atoms with Crippen molar-refractivity contribution in [2.24, 2.45) is 11.3 Å². The number of carbonyl (C=O) groups excluding carboxylic acids is 1. The molecule has 1 amide bonds. The van der Waals surface area contributed by atoms with Gasteiger partial charge in [-0.1, -0.05) is 29.3 Å². The molecule has 1 heterocycles. The van der Waals surface area contributed by atoms with Crippen LogP contribution in [0.1, 0.15) is 52.9 Å². The molecule has 1 saturated heterocycles. The van der Waals surface area contributed by atoms with Crippen molar-refractivity contribution in [3.05, 3.63) is 28.2 Å². The minimum Gasteiger partial charge on any atom is -0.365 e. The van der Waals surface area contributed by atoms with E-state index in [0.717, 1.165) is 57.5 Å². The fourth-order valence-electron chi connectivity index (χ4n) is 4.69. The molecule has 0 unspecified atom stereocenters. The van der Waals surface area contributed by atoms with Crippen LogP contribution in [0.2, 0.25) is 10.0 Å². The summed E-state index contributed by atoms with van der Waals surface area (Å²) in [6.07, 6.45) is 5.51. The predicted molar refractivity (Wildman–Crippen MR) is 128 cm³/mol. The second-order valence-electron chi connectivity index (χ2n) is 9.63. The van der Waals surface area contributed by atoms with E-state index >= 15 is 0 Å². The molecule has 170 valence electrons. The van der Waals surface area contributed by atoms with Crippen LogP contribution in [-0.4, -0.2) is 49.1 Å². The Morgan fingerprint density at radius 3 is 2.58 bits per heavy atom. The molecule has 3 rings (SSSR count). The number of amides is 1. The van der Waals surface area contributed by atoms with E-state index in [1.807, 2.05) is 12.1 Å². The normalized spacial score (nSPS) is 25.2. The van der Waals surface area contributed by atoms with Crippen molar-refractivity contribution in [3.63, 3.8) is 0 Å². The third kappa shape index (κ3) is 6.06. The van der Waals surface area contributed by atoms with Gasteiger partial charge in [0.2, 0.25) is 5.91 Å². The predicted octanol–water partition coefficient (Wildman–Crippen LogP) is 5.12. The van der Waals surface area contributed by atoms with Crippen LogP contribution < -0.4 is 10.2 Å². The van der Waals surface area contributed by atoms with E-state index in [1.165, 1.54) is 6.42 Å². The van der Waals surface area contributed by atoms with E-state index in [0.29, 0.717) is 22.0 Å². The smallest absolute Gasteiger partial charge is 0.240 e. The van der Waals surface area contributed by atoms with Crippen LogP contribution in [0.15, 0.2) is 18.2 Å². The molecular formula is C24H34Cl2N4O. The molecule has 5 nitrogen and oxygen atoms in total. The Bertz CT molecular complexity index is 814. The van der Waals surface area contributed by atoms with Gasteiger partial charge in [-0.2, -0.15) is 5.26 Å². The highest BCUT2D eigenvalue weighted by Crippen LogP contribution is 2.34. The topological polar surface area (TPSA) is 59.4 Å². The second-order valence-corrected chi connectivity index (χ2v) is 10.4. The molecule has 1 N–H and O–H groups in total. The first-order chi connectivity index (χ1) is 14.7. The molecule has 1 saturated carbocycles. The SMILES string of the molecule is C[C@@H]1CN(CCC2CCC(NC(=O)C(C)(C)C#N)CC2)CCN1c1cccc(Cl)c1Cl. The number of hydrogen-bond donors (Lipinski definition) is 1. The van der Waals surface area contributed by atoms with Crippen LogP contribution in [-0.2, 0) is 4.79 Å². The summed E-state index contributed by atoms with van der Waals surface area (Å²) in [5.74, 6) is 0.568. The molecule has 31 heavy (non-hydrogen) atoms. The largest absolute Gasteiger partial charge is 0.365 e. The molecule has 1 aromatic carbocycles. The summed E-state index contributed by atoms with van der Waals surface area (Å²) < 4.78 is 0. The van der Waals surface area contributed by atoms with Crippen molar-refractivity contribution in [1.29, 1.82) is 5.26 Å². The molecule has 1 atom stereocenters. The summed E-state index contributed by atoms with van der Waals surface area (Å²) in [4.78, 5) is 17.1. The van der Waals surface area contributed by atoms with Gasteiger partial charge in [0, 0.05) is 31.7 Å². The molecule has 2 fully saturated rings. The van der Waals surface area contributed by atoms with Crippen molar-refractivity contribution < 1.29 is 4.79 Å². The maximum atomic E-state index is 12.2. The number of carbonyl (C=O) groups is 1. The van der Waals surface area contributed by atoms with Crippen LogP contribution in [0, 0.1) is 22.7 Å². The highest BCUT2D eigenvalue weighted by atomic mass is 35.5. The zero-order valence-electron chi connectivity index (χ0n) is 18.8. The van der Waals surface area contributed by atoms with Gasteiger partial charge in [0.15, 0.2) is 0 Å². The summed E-state index contributed by atoms with van der Waals surface area (Å²) in [6.45, 7) is 9.72. The van der Waals surface area contributed by atoms with E-state index in [4.69, 9.17) is 28.5 Å². The van der Waals surface area contributed by atoms with Crippen LogP contribution >= 0.6 is 23.2 Å². The molecule has 2 aliphatic rings. The van der Waals surface area contributed by atoms with Gasteiger partial charge in [-0.05, 0) is 77.5 Å². The lowest BCUT2D eigenvalue weighted by Gasteiger charge is -2.42. The zero-order chi connectivity index (χ0) is 22.6. The summed E-state index contributed by atoms with van der Waals surface area (Å²) in [5.41, 5.74) is 0.0756. The van der Waals surface area contributed by atoms with Crippen molar-refractivity contribution >= 4 is 34.8 Å². The molecule has 0 spiro atoms. The van der Waals surface area contributed by atoms with E-state index in [-0.39, 0.29) is 11.9 Å². The lowest BCUT2D eigenvalue weighted by atomic mass is 9.83. The highest BCUT2D eigenvalue weighted by molar-refractivity contribution is 6.43. The van der Waals surface area contributed by atoms with Crippen LogP contribution in [0.3, 0.4) is 0 Å². The minimum absolute atomic E-state index is 0.148. The Kier molecular flexibility index (Phi) is 8.13. The standard InChI is InChI=1S/C24H34Cl2N4O/c1-17-15-29(13-14-30(17)21-6-4-5-20(25)22(21)26)12-11-18-7-9-19(10-8-18)28-23(31)24(2,3)16-27/h4-6,17-19H,7-15H2,1-3H3,(H,28,31)/t17-,18?,19?/m1/s1. The van der Waals surface area contributed by atoms with Gasteiger partial charge in [-0.3, -0.25) is 9.69 Å². The zero-order valence-corrected chi connectivity index (χ0v) is 20.3. The monoisotopic (exact) mass is 464 g/mol. The fourth-order valence-corrected chi connectivity index (χ4v) is 5.09. The molecule has 0 bridgehead atoms. The number of nitrogens with zero attached hydrogens (tertiary/aromatic N) is 3. The summed E-state index contributed by atoms with van der Waals surface area (Å²) in [6, 6.07) is 8.53. The molecule has 1 aliphatic heterocycles. The molecule has 7 heteroatoms. The first kappa shape index (κ1) is 24.2. The van der Waals surface area contributed by atoms with Crippen molar-refractivity contribution in [1.82, 2.24) is 10.2 Å². The van der Waals surface area contributed by atoms with E-state index < -0.39 is 5.41 Å². The quantitative estimate of drug-likeness (QED) is 0.634. The van der Waals surface area contributed by atoms with Crippen molar-refractivity contribution in [3.8, 4) is 6.07 Å². The van der Waals surface area contributed by atoms with E-state index in [1.54, 1.807) is 13.8 Å². The lowest BCUT2D eigenvalue weighted by molar-refractivity contribution is -0.127. The van der Waals surface area contributed by atoms with Gasteiger partial charge < -0.3 is 10.2 Å². The van der Waals surface area contributed by atoms with Crippen LogP contribution in [0.4, 0.5) is 5.69 Å². The number of nitrogens with one attached hydrogen (secondary N) is 1. The molecule has 1 aromatic rings. The van der Waals surface area contributed by atoms with E-state index in [9.17, 15) is 4.79 Å². The fraction of sp³-hybridized carbons (Fsp3) is 0.667. The lowest BCUT2D eigenvalue weighted by Crippen LogP contribution is -2.52. The number of halogens is 2. The van der Waals surface area contributed by atoms with Gasteiger partial charge in [0.1, 0.15) is 5.41 Å². The maximum Gasteiger partial charge on any atom is 0.240 e. The summed E-state index contributed by atoms with van der Waals surface area (Å²) in [5, 5.41) is 13.5. The van der Waals surface area contributed by atoms with E-state index in [2.05, 4.69) is 34.2 Å². The minimum atomic E-state index is -0.953. The highest BCUT2D eigenvalue weighted by Gasteiger charge is 2.31. The number of piperazine rings is 1. The van der Waals surface area contributed by atoms with Crippen LogP contribution in [0.25, 0.3) is 0 Å². The Hall–Kier alpha value is -1.48. The Balaban J connectivity index is 1.41. The molecule has 1 aliphatic carbocycles. The third-order valence-corrected chi connectivity index (χ3v) is 7.64. The Morgan fingerprint density at radius 1 is 1.23 bits per heavy atom. The van der Waals surface area contributed by atoms with Crippen LogP contribution in [0.5, 0.6) is 0 Å². The molecule has 0 aromatic heterocycles. The molecular weight excluding hydrogens is 431 g/mol.